The van der Waals surface area contributed by atoms with E-state index in [2.05, 4.69) is 161 Å². The van der Waals surface area contributed by atoms with E-state index < -0.39 is 0 Å². The van der Waals surface area contributed by atoms with Gasteiger partial charge in [-0.15, -0.1) is 0 Å². The smallest absolute Gasteiger partial charge is 0.0616 e. The standard InChI is InChI=1S/C48H43N/c1-8-35-42(37-22-15-13-19-30(37)3)28-44-34(7)46(35)39-24-16-23-38(33(6)32(5)36-21-14-12-18-29(36)2)47(39)41-26-17-25-40-45-31(4)20-10-9-11-27-43(45)49(44)48(40)41/h8-15,17-22,24-26,28H,1,4,16,23,27H2,2-3,5-7H3/b11-9-,20-10-,33-32+. The van der Waals surface area contributed by atoms with Crippen LogP contribution in [0.15, 0.2) is 116 Å². The second-order valence-corrected chi connectivity index (χ2v) is 13.8. The van der Waals surface area contributed by atoms with Crippen LogP contribution in [0, 0.1) is 20.8 Å². The van der Waals surface area contributed by atoms with Gasteiger partial charge >= 0.3 is 0 Å². The second-order valence-electron chi connectivity index (χ2n) is 13.8. The van der Waals surface area contributed by atoms with Crippen LogP contribution in [0.5, 0.6) is 0 Å². The lowest BCUT2D eigenvalue weighted by atomic mass is 9.84. The van der Waals surface area contributed by atoms with E-state index in [1.165, 1.54) is 105 Å². The van der Waals surface area contributed by atoms with Crippen LogP contribution in [-0.4, -0.2) is 4.40 Å². The predicted octanol–water partition coefficient (Wildman–Crippen LogP) is 11.4. The van der Waals surface area contributed by atoms with Crippen molar-refractivity contribution >= 4 is 56.1 Å². The zero-order valence-corrected chi connectivity index (χ0v) is 29.4. The summed E-state index contributed by atoms with van der Waals surface area (Å²) in [5, 5.41) is 6.53. The first-order valence-electron chi connectivity index (χ1n) is 17.5. The molecule has 0 N–H and O–H groups in total. The molecule has 0 saturated heterocycles. The van der Waals surface area contributed by atoms with Crippen LogP contribution in [0.1, 0.15) is 65.8 Å². The van der Waals surface area contributed by atoms with E-state index in [9.17, 15) is 0 Å². The molecule has 0 fully saturated rings. The van der Waals surface area contributed by atoms with Crippen LogP contribution in [-0.2, 0) is 6.42 Å². The topological polar surface area (TPSA) is 4.41 Å². The Hall–Kier alpha value is -5.40. The highest BCUT2D eigenvalue weighted by atomic mass is 14.9. The molecule has 0 radical (unpaired) electrons. The summed E-state index contributed by atoms with van der Waals surface area (Å²) in [7, 11) is 0. The first-order chi connectivity index (χ1) is 23.8. The van der Waals surface area contributed by atoms with Crippen LogP contribution >= 0.6 is 0 Å². The molecule has 0 saturated carbocycles. The maximum Gasteiger partial charge on any atom is 0.0616 e. The fourth-order valence-corrected chi connectivity index (χ4v) is 8.68. The molecular formula is C48H43N. The summed E-state index contributed by atoms with van der Waals surface area (Å²) < 4.78 is 2.59. The summed E-state index contributed by atoms with van der Waals surface area (Å²) in [6, 6.07) is 26.9. The average molecular weight is 634 g/mol. The Morgan fingerprint density at radius 2 is 1.57 bits per heavy atom. The van der Waals surface area contributed by atoms with Crippen LogP contribution < -0.4 is 10.4 Å². The number of allylic oxidation sites excluding steroid dienone is 7. The van der Waals surface area contributed by atoms with Gasteiger partial charge in [-0.2, -0.15) is 0 Å². The summed E-state index contributed by atoms with van der Waals surface area (Å²) in [5.74, 6) is 0. The van der Waals surface area contributed by atoms with E-state index in [0.29, 0.717) is 0 Å². The lowest BCUT2D eigenvalue weighted by Gasteiger charge is -2.21. The Morgan fingerprint density at radius 3 is 2.35 bits per heavy atom. The summed E-state index contributed by atoms with van der Waals surface area (Å²) in [6.45, 7) is 20.5. The molecule has 2 bridgehead atoms. The molecular weight excluding hydrogens is 591 g/mol. The molecule has 8 rings (SSSR count). The van der Waals surface area contributed by atoms with Gasteiger partial charge < -0.3 is 4.40 Å². The molecule has 0 atom stereocenters. The van der Waals surface area contributed by atoms with Crippen molar-refractivity contribution in [1.29, 1.82) is 0 Å². The van der Waals surface area contributed by atoms with E-state index in [-0.39, 0.29) is 0 Å². The highest BCUT2D eigenvalue weighted by molar-refractivity contribution is 6.08. The number of hydrogen-bond acceptors (Lipinski definition) is 0. The molecule has 2 aliphatic carbocycles. The van der Waals surface area contributed by atoms with E-state index in [1.807, 2.05) is 0 Å². The van der Waals surface area contributed by atoms with E-state index >= 15 is 0 Å². The number of aryl methyl sites for hydroxylation is 3. The Labute approximate surface area is 289 Å². The molecule has 6 aromatic rings. The molecule has 0 spiro atoms. The quantitative estimate of drug-likeness (QED) is 0.182. The number of hydrogen-bond donors (Lipinski definition) is 0. The number of rotatable bonds is 4. The molecule has 1 nitrogen and oxygen atoms in total. The number of nitrogens with zero attached hydrogens (tertiary/aromatic N) is 1. The van der Waals surface area contributed by atoms with Gasteiger partial charge in [0.2, 0.25) is 0 Å². The van der Waals surface area contributed by atoms with E-state index in [4.69, 9.17) is 0 Å². The number of benzene rings is 4. The normalized spacial score (nSPS) is 16.1. The van der Waals surface area contributed by atoms with Crippen molar-refractivity contribution in [2.24, 2.45) is 0 Å². The van der Waals surface area contributed by atoms with Crippen molar-refractivity contribution in [3.63, 3.8) is 0 Å². The third-order valence-electron chi connectivity index (χ3n) is 11.2. The minimum absolute atomic E-state index is 0.824. The van der Waals surface area contributed by atoms with Crippen molar-refractivity contribution in [3.8, 4) is 11.1 Å². The minimum Gasteiger partial charge on any atom is -0.312 e. The number of para-hydroxylation sites is 1. The molecule has 2 aliphatic rings. The summed E-state index contributed by atoms with van der Waals surface area (Å²) in [4.78, 5) is 0. The average Bonchev–Trinajstić information content (AvgIpc) is 3.43. The van der Waals surface area contributed by atoms with Crippen molar-refractivity contribution in [2.75, 3.05) is 0 Å². The van der Waals surface area contributed by atoms with Crippen LogP contribution in [0.4, 0.5) is 0 Å². The van der Waals surface area contributed by atoms with Gasteiger partial charge in [0, 0.05) is 28.5 Å². The Morgan fingerprint density at radius 1 is 0.816 bits per heavy atom. The maximum absolute atomic E-state index is 4.62. The first-order valence-corrected chi connectivity index (χ1v) is 17.5. The fourth-order valence-electron chi connectivity index (χ4n) is 8.68. The van der Waals surface area contributed by atoms with Crippen molar-refractivity contribution in [3.05, 3.63) is 165 Å². The maximum atomic E-state index is 4.62. The Kier molecular flexibility index (Phi) is 7.53. The van der Waals surface area contributed by atoms with Gasteiger partial charge in [0.15, 0.2) is 0 Å². The van der Waals surface area contributed by atoms with Crippen LogP contribution in [0.25, 0.3) is 67.2 Å². The first kappa shape index (κ1) is 30.9. The van der Waals surface area contributed by atoms with Gasteiger partial charge in [-0.05, 0) is 131 Å². The van der Waals surface area contributed by atoms with Crippen LogP contribution in [0.3, 0.4) is 0 Å². The molecule has 4 aromatic carbocycles. The zero-order valence-electron chi connectivity index (χ0n) is 29.4. The molecule has 1 heteroatoms. The van der Waals surface area contributed by atoms with Crippen molar-refractivity contribution in [1.82, 2.24) is 4.40 Å². The minimum atomic E-state index is 0.824. The van der Waals surface area contributed by atoms with Crippen molar-refractivity contribution in [2.45, 2.75) is 53.9 Å². The van der Waals surface area contributed by atoms with Gasteiger partial charge in [-0.1, -0.05) is 116 Å². The molecule has 240 valence electrons. The van der Waals surface area contributed by atoms with Crippen LogP contribution in [0.2, 0.25) is 0 Å². The van der Waals surface area contributed by atoms with E-state index in [1.54, 1.807) is 0 Å². The van der Waals surface area contributed by atoms with Gasteiger partial charge in [0.25, 0.3) is 0 Å². The van der Waals surface area contributed by atoms with Gasteiger partial charge in [0.1, 0.15) is 0 Å². The third-order valence-corrected chi connectivity index (χ3v) is 11.2. The summed E-state index contributed by atoms with van der Waals surface area (Å²) in [5.41, 5.74) is 19.1. The molecule has 2 heterocycles. The van der Waals surface area contributed by atoms with Crippen molar-refractivity contribution < 1.29 is 0 Å². The summed E-state index contributed by atoms with van der Waals surface area (Å²) >= 11 is 0. The molecule has 2 aromatic heterocycles. The summed E-state index contributed by atoms with van der Waals surface area (Å²) in [6.07, 6.45) is 16.2. The number of aromatic nitrogens is 1. The monoisotopic (exact) mass is 633 g/mol. The lowest BCUT2D eigenvalue weighted by Crippen LogP contribution is -2.32. The fraction of sp³-hybridized carbons (Fsp3) is 0.167. The SMILES string of the molecule is C=Cc1c(-c2ccccc2C)cc2c(C)c1c1c(c3cccc4c5c(n2c43)C/C=C\C=C/C5=C)=C(/C(C)=C(\C)c2ccccc2C)CCC=1. The molecule has 0 aliphatic heterocycles. The van der Waals surface area contributed by atoms with Gasteiger partial charge in [0.05, 0.1) is 11.0 Å². The lowest BCUT2D eigenvalue weighted by molar-refractivity contribution is 1.06. The third kappa shape index (κ3) is 4.67. The highest BCUT2D eigenvalue weighted by Gasteiger charge is 2.24. The second kappa shape index (κ2) is 11.9. The van der Waals surface area contributed by atoms with Gasteiger partial charge in [-0.3, -0.25) is 0 Å². The Balaban J connectivity index is 1.72. The zero-order chi connectivity index (χ0) is 34.0. The highest BCUT2D eigenvalue weighted by Crippen LogP contribution is 2.40. The Bertz CT molecular complexity index is 2640. The molecule has 49 heavy (non-hydrogen) atoms. The largest absolute Gasteiger partial charge is 0.312 e. The molecule has 0 unspecified atom stereocenters. The predicted molar refractivity (Wildman–Crippen MR) is 214 cm³/mol. The molecule has 0 amide bonds. The number of fused-ring (bicyclic) bond motifs is 9. The van der Waals surface area contributed by atoms with Gasteiger partial charge in [-0.25, -0.2) is 0 Å². The van der Waals surface area contributed by atoms with E-state index in [0.717, 1.165) is 24.8 Å².